The summed E-state index contributed by atoms with van der Waals surface area (Å²) in [7, 11) is 1.95. The lowest BCUT2D eigenvalue weighted by molar-refractivity contribution is 0.269. The normalized spacial score (nSPS) is 10.0. The molecule has 0 spiro atoms. The van der Waals surface area contributed by atoms with Crippen molar-refractivity contribution in [1.29, 1.82) is 0 Å². The van der Waals surface area contributed by atoms with E-state index in [0.29, 0.717) is 34.8 Å². The van der Waals surface area contributed by atoms with Gasteiger partial charge in [-0.2, -0.15) is 0 Å². The quantitative estimate of drug-likeness (QED) is 0.425. The molecule has 0 saturated heterocycles. The van der Waals surface area contributed by atoms with Crippen molar-refractivity contribution in [2.45, 2.75) is 26.5 Å². The lowest BCUT2D eigenvalue weighted by Gasteiger charge is -2.16. The van der Waals surface area contributed by atoms with Crippen LogP contribution in [0.25, 0.3) is 0 Å². The van der Waals surface area contributed by atoms with Crippen LogP contribution >= 0.6 is 48.0 Å². The SMILES string of the molecule is CCOc1cc(CNCCCNC)cc(Cl)c1OCc1ccccc1Cl.Cl.Cl. The number of hydrogen-bond acceptors (Lipinski definition) is 4. The highest BCUT2D eigenvalue weighted by molar-refractivity contribution is 6.32. The Hall–Kier alpha value is -0.880. The highest BCUT2D eigenvalue weighted by Crippen LogP contribution is 2.37. The van der Waals surface area contributed by atoms with Gasteiger partial charge in [-0.05, 0) is 57.2 Å². The first-order chi connectivity index (χ1) is 12.7. The van der Waals surface area contributed by atoms with E-state index in [9.17, 15) is 0 Å². The molecule has 2 rings (SSSR count). The van der Waals surface area contributed by atoms with E-state index in [-0.39, 0.29) is 24.8 Å². The second-order valence-electron chi connectivity index (χ2n) is 5.85. The first kappa shape index (κ1) is 27.1. The number of hydrogen-bond donors (Lipinski definition) is 2. The smallest absolute Gasteiger partial charge is 0.180 e. The third-order valence-corrected chi connectivity index (χ3v) is 4.46. The summed E-state index contributed by atoms with van der Waals surface area (Å²) in [4.78, 5) is 0. The van der Waals surface area contributed by atoms with Gasteiger partial charge in [0.05, 0.1) is 11.6 Å². The average molecular weight is 470 g/mol. The number of rotatable bonds is 11. The van der Waals surface area contributed by atoms with E-state index in [0.717, 1.165) is 37.2 Å². The monoisotopic (exact) mass is 468 g/mol. The van der Waals surface area contributed by atoms with E-state index in [1.54, 1.807) is 0 Å². The summed E-state index contributed by atoms with van der Waals surface area (Å²) in [6.45, 7) is 5.47. The Kier molecular flexibility index (Phi) is 14.6. The van der Waals surface area contributed by atoms with Crippen LogP contribution in [0.15, 0.2) is 36.4 Å². The predicted molar refractivity (Wildman–Crippen MR) is 123 cm³/mol. The standard InChI is InChI=1S/C20H26Cl2N2O2.2ClH/c1-3-25-19-12-15(13-24-10-6-9-23-2)11-18(22)20(19)26-14-16-7-4-5-8-17(16)21;;/h4-5,7-8,11-12,23-24H,3,6,9-10,13-14H2,1-2H3;2*1H. The molecule has 0 aromatic heterocycles. The van der Waals surface area contributed by atoms with Crippen molar-refractivity contribution in [3.8, 4) is 11.5 Å². The van der Waals surface area contributed by atoms with E-state index in [1.807, 2.05) is 50.4 Å². The molecule has 0 aliphatic carbocycles. The molecule has 8 heteroatoms. The van der Waals surface area contributed by atoms with Crippen LogP contribution in [0.3, 0.4) is 0 Å². The number of benzene rings is 2. The summed E-state index contributed by atoms with van der Waals surface area (Å²) in [5.74, 6) is 1.20. The van der Waals surface area contributed by atoms with Gasteiger partial charge in [0.1, 0.15) is 6.61 Å². The Balaban J connectivity index is 0.00000364. The largest absolute Gasteiger partial charge is 0.490 e. The highest BCUT2D eigenvalue weighted by Gasteiger charge is 2.13. The van der Waals surface area contributed by atoms with Gasteiger partial charge in [0.15, 0.2) is 11.5 Å². The Morgan fingerprint density at radius 3 is 2.39 bits per heavy atom. The first-order valence-electron chi connectivity index (χ1n) is 8.82. The van der Waals surface area contributed by atoms with Gasteiger partial charge >= 0.3 is 0 Å². The second kappa shape index (κ2) is 15.0. The zero-order valence-electron chi connectivity index (χ0n) is 16.1. The fourth-order valence-electron chi connectivity index (χ4n) is 2.51. The maximum absolute atomic E-state index is 6.46. The van der Waals surface area contributed by atoms with Crippen LogP contribution in [0, 0.1) is 0 Å². The average Bonchev–Trinajstić information content (AvgIpc) is 2.62. The van der Waals surface area contributed by atoms with Gasteiger partial charge in [0.25, 0.3) is 0 Å². The van der Waals surface area contributed by atoms with Crippen molar-refractivity contribution in [3.63, 3.8) is 0 Å². The first-order valence-corrected chi connectivity index (χ1v) is 9.58. The lowest BCUT2D eigenvalue weighted by atomic mass is 10.2. The number of nitrogens with one attached hydrogen (secondary N) is 2. The van der Waals surface area contributed by atoms with Crippen LogP contribution in [0.2, 0.25) is 10.0 Å². The van der Waals surface area contributed by atoms with E-state index < -0.39 is 0 Å². The van der Waals surface area contributed by atoms with E-state index in [1.165, 1.54) is 0 Å². The Bertz CT molecular complexity index is 702. The number of halogens is 4. The zero-order valence-corrected chi connectivity index (χ0v) is 19.2. The highest BCUT2D eigenvalue weighted by atomic mass is 35.5. The summed E-state index contributed by atoms with van der Waals surface area (Å²) in [5, 5.41) is 7.75. The van der Waals surface area contributed by atoms with Crippen molar-refractivity contribution in [3.05, 3.63) is 57.6 Å². The fraction of sp³-hybridized carbons (Fsp3) is 0.400. The van der Waals surface area contributed by atoms with Gasteiger partial charge < -0.3 is 20.1 Å². The molecule has 0 saturated carbocycles. The summed E-state index contributed by atoms with van der Waals surface area (Å²) in [5.41, 5.74) is 1.97. The Morgan fingerprint density at radius 2 is 1.71 bits per heavy atom. The third-order valence-electron chi connectivity index (χ3n) is 3.81. The maximum atomic E-state index is 6.46. The fourth-order valence-corrected chi connectivity index (χ4v) is 2.99. The minimum Gasteiger partial charge on any atom is -0.490 e. The molecule has 0 aliphatic heterocycles. The van der Waals surface area contributed by atoms with Gasteiger partial charge in [-0.3, -0.25) is 0 Å². The molecule has 0 amide bonds. The molecule has 0 radical (unpaired) electrons. The molecule has 0 atom stereocenters. The van der Waals surface area contributed by atoms with Crippen molar-refractivity contribution in [1.82, 2.24) is 10.6 Å². The summed E-state index contributed by atoms with van der Waals surface area (Å²) < 4.78 is 11.7. The molecule has 28 heavy (non-hydrogen) atoms. The van der Waals surface area contributed by atoms with Crippen molar-refractivity contribution < 1.29 is 9.47 Å². The zero-order chi connectivity index (χ0) is 18.8. The molecular formula is C20H28Cl4N2O2. The molecule has 2 aromatic rings. The molecule has 158 valence electrons. The van der Waals surface area contributed by atoms with Crippen LogP contribution in [0.4, 0.5) is 0 Å². The minimum atomic E-state index is 0. The van der Waals surface area contributed by atoms with E-state index >= 15 is 0 Å². The van der Waals surface area contributed by atoms with Crippen LogP contribution in [0.5, 0.6) is 11.5 Å². The van der Waals surface area contributed by atoms with Crippen molar-refractivity contribution in [2.24, 2.45) is 0 Å². The molecule has 0 bridgehead atoms. The molecule has 2 aromatic carbocycles. The molecule has 0 aliphatic rings. The van der Waals surface area contributed by atoms with Crippen LogP contribution in [-0.2, 0) is 13.2 Å². The van der Waals surface area contributed by atoms with Gasteiger partial charge in [0, 0.05) is 17.1 Å². The summed E-state index contributed by atoms with van der Waals surface area (Å²) in [6, 6.07) is 11.5. The molecular weight excluding hydrogens is 442 g/mol. The third kappa shape index (κ3) is 8.64. The van der Waals surface area contributed by atoms with Crippen molar-refractivity contribution in [2.75, 3.05) is 26.7 Å². The molecule has 4 nitrogen and oxygen atoms in total. The Morgan fingerprint density at radius 1 is 0.964 bits per heavy atom. The van der Waals surface area contributed by atoms with Crippen LogP contribution in [0.1, 0.15) is 24.5 Å². The van der Waals surface area contributed by atoms with Crippen molar-refractivity contribution >= 4 is 48.0 Å². The molecule has 0 heterocycles. The van der Waals surface area contributed by atoms with Gasteiger partial charge in [-0.25, -0.2) is 0 Å². The minimum absolute atomic E-state index is 0. The Labute approximate surface area is 190 Å². The molecule has 0 unspecified atom stereocenters. The van der Waals surface area contributed by atoms with E-state index in [4.69, 9.17) is 32.7 Å². The summed E-state index contributed by atoms with van der Waals surface area (Å²) in [6.07, 6.45) is 1.07. The topological polar surface area (TPSA) is 42.5 Å². The van der Waals surface area contributed by atoms with Gasteiger partial charge in [-0.15, -0.1) is 24.8 Å². The summed E-state index contributed by atoms with van der Waals surface area (Å²) >= 11 is 12.7. The molecule has 2 N–H and O–H groups in total. The second-order valence-corrected chi connectivity index (χ2v) is 6.67. The molecule has 0 fully saturated rings. The van der Waals surface area contributed by atoms with Gasteiger partial charge in [-0.1, -0.05) is 41.4 Å². The maximum Gasteiger partial charge on any atom is 0.180 e. The predicted octanol–water partition coefficient (Wildman–Crippen LogP) is 5.51. The van der Waals surface area contributed by atoms with Crippen LogP contribution in [-0.4, -0.2) is 26.7 Å². The van der Waals surface area contributed by atoms with E-state index in [2.05, 4.69) is 10.6 Å². The van der Waals surface area contributed by atoms with Gasteiger partial charge in [0.2, 0.25) is 0 Å². The van der Waals surface area contributed by atoms with Crippen LogP contribution < -0.4 is 20.1 Å². The lowest BCUT2D eigenvalue weighted by Crippen LogP contribution is -2.19. The number of ether oxygens (including phenoxy) is 2.